The van der Waals surface area contributed by atoms with Crippen LogP contribution in [0.15, 0.2) is 18.2 Å². The minimum Gasteiger partial charge on any atom is -0.379 e. The molecule has 0 spiro atoms. The van der Waals surface area contributed by atoms with Crippen LogP contribution in [0.5, 0.6) is 0 Å². The first-order valence-corrected chi connectivity index (χ1v) is 7.33. The molecule has 1 aromatic rings. The van der Waals surface area contributed by atoms with E-state index in [-0.39, 0.29) is 0 Å². The maximum Gasteiger partial charge on any atom is 0.0620 e. The monoisotopic (exact) mass is 262 g/mol. The van der Waals surface area contributed by atoms with Crippen LogP contribution in [0, 0.1) is 13.8 Å². The summed E-state index contributed by atoms with van der Waals surface area (Å²) >= 11 is 0. The zero-order chi connectivity index (χ0) is 13.5. The van der Waals surface area contributed by atoms with Gasteiger partial charge in [0.1, 0.15) is 0 Å². The Labute approximate surface area is 116 Å². The highest BCUT2D eigenvalue weighted by Gasteiger charge is 2.11. The molecule has 1 saturated heterocycles. The Balaban J connectivity index is 1.62. The van der Waals surface area contributed by atoms with Crippen molar-refractivity contribution in [3.8, 4) is 0 Å². The van der Waals surface area contributed by atoms with Crippen LogP contribution in [0.3, 0.4) is 0 Å². The molecule has 0 bridgehead atoms. The van der Waals surface area contributed by atoms with Gasteiger partial charge in [-0.2, -0.15) is 0 Å². The van der Waals surface area contributed by atoms with Crippen molar-refractivity contribution >= 4 is 0 Å². The van der Waals surface area contributed by atoms with E-state index in [9.17, 15) is 0 Å². The molecular weight excluding hydrogens is 236 g/mol. The zero-order valence-corrected chi connectivity index (χ0v) is 12.2. The summed E-state index contributed by atoms with van der Waals surface area (Å²) < 4.78 is 5.45. The molecule has 1 aliphatic heterocycles. The van der Waals surface area contributed by atoms with Gasteiger partial charge in [0.2, 0.25) is 0 Å². The van der Waals surface area contributed by atoms with Gasteiger partial charge in [-0.1, -0.05) is 23.8 Å². The fourth-order valence-electron chi connectivity index (χ4n) is 2.50. The topological polar surface area (TPSA) is 33.3 Å². The van der Waals surface area contributed by atoms with Crippen LogP contribution in [0.4, 0.5) is 0 Å². The maximum atomic E-state index is 5.45. The molecule has 106 valence electrons. The number of aryl methyl sites for hydroxylation is 2. The Morgan fingerprint density at radius 1 is 1.32 bits per heavy atom. The third-order valence-corrected chi connectivity index (χ3v) is 3.74. The summed E-state index contributed by atoms with van der Waals surface area (Å²) in [6.07, 6.45) is 2.26. The van der Waals surface area contributed by atoms with Gasteiger partial charge >= 0.3 is 0 Å². The van der Waals surface area contributed by atoms with Gasteiger partial charge in [-0.25, -0.2) is 0 Å². The fourth-order valence-corrected chi connectivity index (χ4v) is 2.50. The molecule has 1 heterocycles. The second-order valence-electron chi connectivity index (χ2n) is 5.44. The van der Waals surface area contributed by atoms with Gasteiger partial charge in [-0.15, -0.1) is 0 Å². The predicted octanol–water partition coefficient (Wildman–Crippen LogP) is 1.81. The Morgan fingerprint density at radius 2 is 2.21 bits per heavy atom. The maximum absolute atomic E-state index is 5.45. The molecule has 1 fully saturated rings. The number of hydrogen-bond acceptors (Lipinski definition) is 3. The van der Waals surface area contributed by atoms with Gasteiger partial charge < -0.3 is 15.4 Å². The minimum absolute atomic E-state index is 0.530. The van der Waals surface area contributed by atoms with Gasteiger partial charge in [0.15, 0.2) is 0 Å². The molecule has 2 N–H and O–H groups in total. The number of benzene rings is 1. The molecule has 0 aromatic heterocycles. The van der Waals surface area contributed by atoms with Crippen molar-refractivity contribution in [2.45, 2.75) is 32.7 Å². The van der Waals surface area contributed by atoms with Crippen LogP contribution in [-0.4, -0.2) is 38.9 Å². The van der Waals surface area contributed by atoms with Crippen LogP contribution in [0.25, 0.3) is 0 Å². The first-order valence-electron chi connectivity index (χ1n) is 7.33. The van der Waals surface area contributed by atoms with Crippen LogP contribution in [0.1, 0.15) is 23.1 Å². The lowest BCUT2D eigenvalue weighted by atomic mass is 10.0. The summed E-state index contributed by atoms with van der Waals surface area (Å²) in [5, 5.41) is 7.01. The average molecular weight is 262 g/mol. The largest absolute Gasteiger partial charge is 0.379 e. The van der Waals surface area contributed by atoms with E-state index < -0.39 is 0 Å². The molecule has 1 aliphatic rings. The van der Waals surface area contributed by atoms with Gasteiger partial charge in [0.25, 0.3) is 0 Å². The summed E-state index contributed by atoms with van der Waals surface area (Å²) in [7, 11) is 0. The number of hydrogen-bond donors (Lipinski definition) is 2. The highest BCUT2D eigenvalue weighted by atomic mass is 16.5. The normalized spacial score (nSPS) is 19.6. The van der Waals surface area contributed by atoms with Crippen molar-refractivity contribution in [1.82, 2.24) is 10.6 Å². The quantitative estimate of drug-likeness (QED) is 0.767. The molecule has 1 aromatic carbocycles. The third-order valence-electron chi connectivity index (χ3n) is 3.74. The minimum atomic E-state index is 0.530. The molecular formula is C16H26N2O. The van der Waals surface area contributed by atoms with Crippen LogP contribution in [-0.2, 0) is 11.2 Å². The number of nitrogens with one attached hydrogen (secondary N) is 2. The highest BCUT2D eigenvalue weighted by molar-refractivity contribution is 5.30. The second-order valence-corrected chi connectivity index (χ2v) is 5.44. The summed E-state index contributed by atoms with van der Waals surface area (Å²) in [5.41, 5.74) is 4.21. The zero-order valence-electron chi connectivity index (χ0n) is 12.2. The van der Waals surface area contributed by atoms with E-state index in [2.05, 4.69) is 42.7 Å². The summed E-state index contributed by atoms with van der Waals surface area (Å²) in [6, 6.07) is 7.23. The SMILES string of the molecule is Cc1ccc(C)c(CCNCCC2COCCN2)c1. The van der Waals surface area contributed by atoms with Crippen molar-refractivity contribution in [1.29, 1.82) is 0 Å². The van der Waals surface area contributed by atoms with Crippen molar-refractivity contribution in [2.24, 2.45) is 0 Å². The molecule has 2 rings (SSSR count). The van der Waals surface area contributed by atoms with E-state index in [1.807, 2.05) is 0 Å². The van der Waals surface area contributed by atoms with E-state index in [1.54, 1.807) is 0 Å². The summed E-state index contributed by atoms with van der Waals surface area (Å²) in [5.74, 6) is 0. The van der Waals surface area contributed by atoms with Gasteiger partial charge in [-0.3, -0.25) is 0 Å². The number of morpholine rings is 1. The molecule has 3 nitrogen and oxygen atoms in total. The third kappa shape index (κ3) is 4.94. The fraction of sp³-hybridized carbons (Fsp3) is 0.625. The van der Waals surface area contributed by atoms with E-state index >= 15 is 0 Å². The van der Waals surface area contributed by atoms with Crippen LogP contribution < -0.4 is 10.6 Å². The molecule has 0 aliphatic carbocycles. The average Bonchev–Trinajstić information content (AvgIpc) is 2.43. The Hall–Kier alpha value is -0.900. The van der Waals surface area contributed by atoms with Gasteiger partial charge in [0.05, 0.1) is 13.2 Å². The van der Waals surface area contributed by atoms with E-state index in [4.69, 9.17) is 4.74 Å². The highest BCUT2D eigenvalue weighted by Crippen LogP contribution is 2.10. The Kier molecular flexibility index (Phi) is 5.83. The van der Waals surface area contributed by atoms with E-state index in [0.29, 0.717) is 6.04 Å². The molecule has 1 atom stereocenters. The lowest BCUT2D eigenvalue weighted by molar-refractivity contribution is 0.0743. The van der Waals surface area contributed by atoms with Gasteiger partial charge in [-0.05, 0) is 50.9 Å². The molecule has 0 saturated carbocycles. The lowest BCUT2D eigenvalue weighted by Gasteiger charge is -2.23. The molecule has 0 radical (unpaired) electrons. The second kappa shape index (κ2) is 7.63. The molecule has 19 heavy (non-hydrogen) atoms. The van der Waals surface area contributed by atoms with Crippen LogP contribution in [0.2, 0.25) is 0 Å². The van der Waals surface area contributed by atoms with E-state index in [1.165, 1.54) is 16.7 Å². The molecule has 3 heteroatoms. The van der Waals surface area contributed by atoms with Crippen molar-refractivity contribution < 1.29 is 4.74 Å². The van der Waals surface area contributed by atoms with E-state index in [0.717, 1.165) is 45.7 Å². The van der Waals surface area contributed by atoms with Crippen molar-refractivity contribution in [3.63, 3.8) is 0 Å². The molecule has 0 amide bonds. The van der Waals surface area contributed by atoms with Gasteiger partial charge in [0, 0.05) is 12.6 Å². The first-order chi connectivity index (χ1) is 9.25. The number of rotatable bonds is 6. The van der Waals surface area contributed by atoms with Crippen molar-refractivity contribution in [2.75, 3.05) is 32.8 Å². The summed E-state index contributed by atoms with van der Waals surface area (Å²) in [4.78, 5) is 0. The Bertz CT molecular complexity index is 386. The summed E-state index contributed by atoms with van der Waals surface area (Å²) in [6.45, 7) is 9.18. The predicted molar refractivity (Wildman–Crippen MR) is 79.7 cm³/mol. The first kappa shape index (κ1) is 14.5. The van der Waals surface area contributed by atoms with Crippen LogP contribution >= 0.6 is 0 Å². The Morgan fingerprint density at radius 3 is 3.00 bits per heavy atom. The van der Waals surface area contributed by atoms with Crippen molar-refractivity contribution in [3.05, 3.63) is 34.9 Å². The molecule has 1 unspecified atom stereocenters. The standard InChI is InChI=1S/C16H26N2O/c1-13-3-4-14(2)15(11-13)5-7-17-8-6-16-12-19-10-9-18-16/h3-4,11,16-18H,5-10,12H2,1-2H3. The smallest absolute Gasteiger partial charge is 0.0620 e. The lowest BCUT2D eigenvalue weighted by Crippen LogP contribution is -2.42. The number of ether oxygens (including phenoxy) is 1.